The van der Waals surface area contributed by atoms with E-state index in [1.54, 1.807) is 11.3 Å². The number of unbranched alkanes of at least 4 members (excludes halogenated alkanes) is 3. The number of anilines is 1. The van der Waals surface area contributed by atoms with Crippen LogP contribution >= 0.6 is 27.3 Å². The quantitative estimate of drug-likeness (QED) is 0.727. The van der Waals surface area contributed by atoms with Gasteiger partial charge < -0.3 is 5.32 Å². The van der Waals surface area contributed by atoms with Crippen LogP contribution < -0.4 is 5.32 Å². The van der Waals surface area contributed by atoms with E-state index in [9.17, 15) is 0 Å². The first kappa shape index (κ1) is 13.9. The fourth-order valence-electron chi connectivity index (χ4n) is 1.50. The summed E-state index contributed by atoms with van der Waals surface area (Å²) in [4.78, 5) is 0. The van der Waals surface area contributed by atoms with Crippen molar-refractivity contribution in [1.29, 1.82) is 0 Å². The minimum absolute atomic E-state index is 0.840. The van der Waals surface area contributed by atoms with Crippen LogP contribution in [-0.2, 0) is 0 Å². The highest BCUT2D eigenvalue weighted by Gasteiger charge is 1.99. The van der Waals surface area contributed by atoms with E-state index in [1.165, 1.54) is 32.1 Å². The Morgan fingerprint density at radius 1 is 1.19 bits per heavy atom. The first-order chi connectivity index (χ1) is 7.68. The zero-order valence-corrected chi connectivity index (χ0v) is 12.4. The largest absolute Gasteiger partial charge is 0.360 e. The lowest BCUT2D eigenvalue weighted by Crippen LogP contribution is -2.00. The first-order valence-electron chi connectivity index (χ1n) is 5.91. The number of halogens is 1. The van der Waals surface area contributed by atoms with Crippen LogP contribution in [0.5, 0.6) is 0 Å². The fourth-order valence-corrected chi connectivity index (χ4v) is 2.54. The van der Waals surface area contributed by atoms with E-state index in [4.69, 9.17) is 0 Å². The molecule has 92 valence electrons. The Morgan fingerprint density at radius 3 is 2.56 bits per heavy atom. The van der Waals surface area contributed by atoms with Crippen LogP contribution in [0.3, 0.4) is 0 Å². The van der Waals surface area contributed by atoms with Gasteiger partial charge in [-0.2, -0.15) is 0 Å². The van der Waals surface area contributed by atoms with E-state index < -0.39 is 0 Å². The third kappa shape index (κ3) is 6.43. The molecule has 0 unspecified atom stereocenters. The number of aromatic nitrogens is 2. The van der Waals surface area contributed by atoms with E-state index in [1.807, 2.05) is 0 Å². The summed E-state index contributed by atoms with van der Waals surface area (Å²) in [5.41, 5.74) is 0. The molecule has 0 aliphatic heterocycles. The molecule has 1 aromatic rings. The predicted molar refractivity (Wildman–Crippen MR) is 74.0 cm³/mol. The summed E-state index contributed by atoms with van der Waals surface area (Å²) < 4.78 is 0.840. The zero-order valence-electron chi connectivity index (χ0n) is 10.0. The normalized spacial score (nSPS) is 11.0. The highest BCUT2D eigenvalue weighted by atomic mass is 79.9. The molecule has 0 atom stereocenters. The number of nitrogens with zero attached hydrogens (tertiary/aromatic N) is 2. The van der Waals surface area contributed by atoms with Gasteiger partial charge in [0.15, 0.2) is 3.92 Å². The molecule has 1 heterocycles. The second-order valence-electron chi connectivity index (χ2n) is 4.38. The van der Waals surface area contributed by atoms with E-state index in [2.05, 4.69) is 45.3 Å². The maximum Gasteiger partial charge on any atom is 0.206 e. The van der Waals surface area contributed by atoms with Crippen molar-refractivity contribution in [2.75, 3.05) is 11.9 Å². The third-order valence-corrected chi connectivity index (χ3v) is 3.70. The second kappa shape index (κ2) is 8.01. The molecular weight excluding hydrogens is 286 g/mol. The van der Waals surface area contributed by atoms with Crippen LogP contribution in [-0.4, -0.2) is 16.7 Å². The SMILES string of the molecule is CC(C)CCCCCCNc1nnc(Br)s1. The van der Waals surface area contributed by atoms with Crippen LogP contribution in [0.1, 0.15) is 46.0 Å². The highest BCUT2D eigenvalue weighted by Crippen LogP contribution is 2.20. The summed E-state index contributed by atoms with van der Waals surface area (Å²) in [5, 5.41) is 12.1. The van der Waals surface area contributed by atoms with Crippen molar-refractivity contribution in [3.63, 3.8) is 0 Å². The Labute approximate surface area is 110 Å². The molecule has 1 rings (SSSR count). The molecule has 0 aromatic carbocycles. The van der Waals surface area contributed by atoms with Gasteiger partial charge in [0, 0.05) is 6.54 Å². The molecule has 5 heteroatoms. The maximum absolute atomic E-state index is 3.98. The van der Waals surface area contributed by atoms with Gasteiger partial charge in [0.2, 0.25) is 5.13 Å². The van der Waals surface area contributed by atoms with Gasteiger partial charge in [0.1, 0.15) is 0 Å². The molecule has 0 aliphatic rings. The van der Waals surface area contributed by atoms with Crippen molar-refractivity contribution in [3.05, 3.63) is 3.92 Å². The van der Waals surface area contributed by atoms with Crippen molar-refractivity contribution in [2.24, 2.45) is 5.92 Å². The molecule has 0 saturated heterocycles. The summed E-state index contributed by atoms with van der Waals surface area (Å²) >= 11 is 4.84. The van der Waals surface area contributed by atoms with E-state index >= 15 is 0 Å². The summed E-state index contributed by atoms with van der Waals surface area (Å²) in [5.74, 6) is 0.844. The lowest BCUT2D eigenvalue weighted by molar-refractivity contribution is 0.523. The average Bonchev–Trinajstić information content (AvgIpc) is 2.62. The zero-order chi connectivity index (χ0) is 11.8. The molecule has 1 aromatic heterocycles. The Kier molecular flexibility index (Phi) is 6.96. The van der Waals surface area contributed by atoms with Crippen molar-refractivity contribution < 1.29 is 0 Å². The van der Waals surface area contributed by atoms with Gasteiger partial charge in [-0.25, -0.2) is 0 Å². The van der Waals surface area contributed by atoms with Crippen LogP contribution in [0.4, 0.5) is 5.13 Å². The van der Waals surface area contributed by atoms with Crippen LogP contribution in [0.25, 0.3) is 0 Å². The van der Waals surface area contributed by atoms with E-state index in [0.29, 0.717) is 0 Å². The van der Waals surface area contributed by atoms with Crippen molar-refractivity contribution >= 4 is 32.4 Å². The molecule has 0 bridgehead atoms. The molecular formula is C11H20BrN3S. The number of hydrogen-bond acceptors (Lipinski definition) is 4. The molecule has 0 aliphatic carbocycles. The van der Waals surface area contributed by atoms with Gasteiger partial charge in [0.25, 0.3) is 0 Å². The molecule has 0 amide bonds. The molecule has 16 heavy (non-hydrogen) atoms. The molecule has 0 radical (unpaired) electrons. The summed E-state index contributed by atoms with van der Waals surface area (Å²) in [7, 11) is 0. The van der Waals surface area contributed by atoms with Gasteiger partial charge in [-0.05, 0) is 28.3 Å². The average molecular weight is 306 g/mol. The smallest absolute Gasteiger partial charge is 0.206 e. The van der Waals surface area contributed by atoms with Crippen LogP contribution in [0.2, 0.25) is 0 Å². The Hall–Kier alpha value is -0.160. The van der Waals surface area contributed by atoms with Gasteiger partial charge in [-0.3, -0.25) is 0 Å². The first-order valence-corrected chi connectivity index (χ1v) is 7.52. The number of nitrogens with one attached hydrogen (secondary N) is 1. The molecule has 1 N–H and O–H groups in total. The third-order valence-electron chi connectivity index (χ3n) is 2.38. The molecule has 0 fully saturated rings. The Bertz CT molecular complexity index is 289. The lowest BCUT2D eigenvalue weighted by Gasteiger charge is -2.04. The topological polar surface area (TPSA) is 37.8 Å². The van der Waals surface area contributed by atoms with E-state index in [0.717, 1.165) is 21.5 Å². The van der Waals surface area contributed by atoms with Gasteiger partial charge in [0.05, 0.1) is 0 Å². The van der Waals surface area contributed by atoms with E-state index in [-0.39, 0.29) is 0 Å². The summed E-state index contributed by atoms with van der Waals surface area (Å²) in [6.07, 6.45) is 6.59. The summed E-state index contributed by atoms with van der Waals surface area (Å²) in [6, 6.07) is 0. The monoisotopic (exact) mass is 305 g/mol. The number of rotatable bonds is 8. The predicted octanol–water partition coefficient (Wildman–Crippen LogP) is 4.32. The number of hydrogen-bond donors (Lipinski definition) is 1. The van der Waals surface area contributed by atoms with Gasteiger partial charge >= 0.3 is 0 Å². The fraction of sp³-hybridized carbons (Fsp3) is 0.818. The van der Waals surface area contributed by atoms with Gasteiger partial charge in [-0.1, -0.05) is 50.9 Å². The maximum atomic E-state index is 3.98. The molecule has 3 nitrogen and oxygen atoms in total. The van der Waals surface area contributed by atoms with Crippen molar-refractivity contribution in [3.8, 4) is 0 Å². The minimum atomic E-state index is 0.840. The van der Waals surface area contributed by atoms with Crippen molar-refractivity contribution in [1.82, 2.24) is 10.2 Å². The minimum Gasteiger partial charge on any atom is -0.360 e. The van der Waals surface area contributed by atoms with Crippen LogP contribution in [0.15, 0.2) is 3.92 Å². The summed E-state index contributed by atoms with van der Waals surface area (Å²) in [6.45, 7) is 5.58. The van der Waals surface area contributed by atoms with Crippen LogP contribution in [0, 0.1) is 5.92 Å². The molecule has 0 spiro atoms. The lowest BCUT2D eigenvalue weighted by atomic mass is 10.0. The second-order valence-corrected chi connectivity index (χ2v) is 6.64. The Morgan fingerprint density at radius 2 is 1.94 bits per heavy atom. The standard InChI is InChI=1S/C11H20BrN3S/c1-9(2)7-5-3-4-6-8-13-11-15-14-10(12)16-11/h9H,3-8H2,1-2H3,(H,13,15). The van der Waals surface area contributed by atoms with Gasteiger partial charge in [-0.15, -0.1) is 10.2 Å². The Balaban J connectivity index is 1.92. The highest BCUT2D eigenvalue weighted by molar-refractivity contribution is 9.11. The van der Waals surface area contributed by atoms with Crippen molar-refractivity contribution in [2.45, 2.75) is 46.0 Å². The molecule has 0 saturated carbocycles.